The van der Waals surface area contributed by atoms with Gasteiger partial charge in [-0.2, -0.15) is 5.26 Å². The fourth-order valence-corrected chi connectivity index (χ4v) is 1.67. The average molecular weight is 271 g/mol. The van der Waals surface area contributed by atoms with Gasteiger partial charge in [0.15, 0.2) is 0 Å². The summed E-state index contributed by atoms with van der Waals surface area (Å²) in [4.78, 5) is 10.7. The van der Waals surface area contributed by atoms with Crippen LogP contribution in [0.4, 0.5) is 4.39 Å². The van der Waals surface area contributed by atoms with Crippen LogP contribution in [0.15, 0.2) is 42.5 Å². The van der Waals surface area contributed by atoms with Crippen LogP contribution >= 0.6 is 0 Å². The van der Waals surface area contributed by atoms with Crippen molar-refractivity contribution in [2.24, 2.45) is 0 Å². The SMILES string of the molecule is N#Cc1ccccc1OCc1ccc(C(=O)O)c(F)c1. The van der Waals surface area contributed by atoms with Crippen molar-refractivity contribution in [2.45, 2.75) is 6.61 Å². The van der Waals surface area contributed by atoms with Crippen molar-refractivity contribution in [2.75, 3.05) is 0 Å². The number of benzene rings is 2. The first-order chi connectivity index (χ1) is 9.61. The van der Waals surface area contributed by atoms with Gasteiger partial charge in [0.25, 0.3) is 0 Å². The Kier molecular flexibility index (Phi) is 3.96. The molecule has 0 radical (unpaired) electrons. The quantitative estimate of drug-likeness (QED) is 0.928. The first kappa shape index (κ1) is 13.6. The molecule has 0 amide bonds. The highest BCUT2D eigenvalue weighted by Gasteiger charge is 2.11. The number of para-hydroxylation sites is 1. The zero-order chi connectivity index (χ0) is 14.5. The monoisotopic (exact) mass is 271 g/mol. The number of halogens is 1. The highest BCUT2D eigenvalue weighted by atomic mass is 19.1. The van der Waals surface area contributed by atoms with Gasteiger partial charge in [0, 0.05) is 0 Å². The third kappa shape index (κ3) is 2.93. The number of hydrogen-bond acceptors (Lipinski definition) is 3. The maximum Gasteiger partial charge on any atom is 0.338 e. The molecule has 0 aromatic heterocycles. The maximum atomic E-state index is 13.5. The molecule has 0 bridgehead atoms. The molecule has 0 unspecified atom stereocenters. The molecule has 0 atom stereocenters. The van der Waals surface area contributed by atoms with Crippen molar-refractivity contribution in [1.29, 1.82) is 5.26 Å². The molecular formula is C15H10FNO3. The first-order valence-electron chi connectivity index (χ1n) is 5.75. The molecule has 2 rings (SSSR count). The number of carbonyl (C=O) groups is 1. The second-order valence-electron chi connectivity index (χ2n) is 4.02. The summed E-state index contributed by atoms with van der Waals surface area (Å²) in [6.07, 6.45) is 0. The minimum atomic E-state index is -1.32. The zero-order valence-corrected chi connectivity index (χ0v) is 10.3. The maximum absolute atomic E-state index is 13.5. The lowest BCUT2D eigenvalue weighted by Gasteiger charge is -2.08. The van der Waals surface area contributed by atoms with Crippen LogP contribution < -0.4 is 4.74 Å². The van der Waals surface area contributed by atoms with E-state index < -0.39 is 11.8 Å². The molecule has 1 N–H and O–H groups in total. The summed E-state index contributed by atoms with van der Waals surface area (Å²) in [5.41, 5.74) is 0.488. The number of carboxylic acids is 1. The molecule has 2 aromatic rings. The number of nitriles is 1. The molecule has 0 saturated heterocycles. The van der Waals surface area contributed by atoms with Gasteiger partial charge in [0.05, 0.1) is 11.1 Å². The van der Waals surface area contributed by atoms with E-state index in [1.54, 1.807) is 24.3 Å². The van der Waals surface area contributed by atoms with Crippen LogP contribution in [0.2, 0.25) is 0 Å². The molecule has 0 fully saturated rings. The van der Waals surface area contributed by atoms with Crippen LogP contribution in [-0.4, -0.2) is 11.1 Å². The Balaban J connectivity index is 2.14. The number of nitrogens with zero attached hydrogens (tertiary/aromatic N) is 1. The molecule has 0 aliphatic rings. The van der Waals surface area contributed by atoms with E-state index >= 15 is 0 Å². The van der Waals surface area contributed by atoms with Crippen molar-refractivity contribution in [1.82, 2.24) is 0 Å². The van der Waals surface area contributed by atoms with Crippen molar-refractivity contribution >= 4 is 5.97 Å². The molecule has 2 aromatic carbocycles. The van der Waals surface area contributed by atoms with Crippen molar-refractivity contribution < 1.29 is 19.0 Å². The molecule has 5 heteroatoms. The van der Waals surface area contributed by atoms with Gasteiger partial charge >= 0.3 is 5.97 Å². The van der Waals surface area contributed by atoms with E-state index in [4.69, 9.17) is 15.1 Å². The van der Waals surface area contributed by atoms with Crippen molar-refractivity contribution in [3.8, 4) is 11.8 Å². The minimum Gasteiger partial charge on any atom is -0.488 e. The molecule has 20 heavy (non-hydrogen) atoms. The summed E-state index contributed by atoms with van der Waals surface area (Å²) in [7, 11) is 0. The van der Waals surface area contributed by atoms with Gasteiger partial charge in [0.1, 0.15) is 24.2 Å². The molecule has 4 nitrogen and oxygen atoms in total. The standard InChI is InChI=1S/C15H10FNO3/c16-13-7-10(5-6-12(13)15(18)19)9-20-14-4-2-1-3-11(14)8-17/h1-7H,9H2,(H,18,19). The lowest BCUT2D eigenvalue weighted by molar-refractivity contribution is 0.0692. The van der Waals surface area contributed by atoms with Crippen LogP contribution in [0.25, 0.3) is 0 Å². The number of hydrogen-bond donors (Lipinski definition) is 1. The van der Waals surface area contributed by atoms with Crippen molar-refractivity contribution in [3.63, 3.8) is 0 Å². The Bertz CT molecular complexity index is 692. The smallest absolute Gasteiger partial charge is 0.338 e. The summed E-state index contributed by atoms with van der Waals surface area (Å²) in [5, 5.41) is 17.6. The van der Waals surface area contributed by atoms with Crippen LogP contribution in [0, 0.1) is 17.1 Å². The molecule has 0 saturated carbocycles. The number of carboxylic acid groups (broad SMARTS) is 1. The summed E-state index contributed by atoms with van der Waals surface area (Å²) < 4.78 is 18.9. The molecule has 0 aliphatic heterocycles. The van der Waals surface area contributed by atoms with Gasteiger partial charge in [-0.3, -0.25) is 0 Å². The van der Waals surface area contributed by atoms with Crippen LogP contribution in [0.3, 0.4) is 0 Å². The van der Waals surface area contributed by atoms with Gasteiger partial charge in [-0.25, -0.2) is 9.18 Å². The van der Waals surface area contributed by atoms with E-state index in [1.165, 1.54) is 12.1 Å². The third-order valence-electron chi connectivity index (χ3n) is 2.67. The summed E-state index contributed by atoms with van der Waals surface area (Å²) in [6, 6.07) is 12.5. The average Bonchev–Trinajstić information content (AvgIpc) is 2.45. The first-order valence-corrected chi connectivity index (χ1v) is 5.75. The fraction of sp³-hybridized carbons (Fsp3) is 0.0667. The molecule has 100 valence electrons. The van der Waals surface area contributed by atoms with E-state index in [1.807, 2.05) is 6.07 Å². The summed E-state index contributed by atoms with van der Waals surface area (Å²) in [6.45, 7) is 0.0511. The predicted octanol–water partition coefficient (Wildman–Crippen LogP) is 2.97. The number of rotatable bonds is 4. The van der Waals surface area contributed by atoms with Gasteiger partial charge in [0.2, 0.25) is 0 Å². The summed E-state index contributed by atoms with van der Waals surface area (Å²) in [5.74, 6) is -1.73. The van der Waals surface area contributed by atoms with E-state index in [0.29, 0.717) is 16.9 Å². The van der Waals surface area contributed by atoms with Crippen LogP contribution in [0.5, 0.6) is 5.75 Å². The number of aromatic carboxylic acids is 1. The van der Waals surface area contributed by atoms with Crippen molar-refractivity contribution in [3.05, 3.63) is 65.0 Å². The normalized spacial score (nSPS) is 9.80. The van der Waals surface area contributed by atoms with Gasteiger partial charge in [-0.05, 0) is 29.8 Å². The molecular weight excluding hydrogens is 261 g/mol. The minimum absolute atomic E-state index is 0.0511. The Morgan fingerprint density at radius 1 is 1.30 bits per heavy atom. The Morgan fingerprint density at radius 3 is 2.70 bits per heavy atom. The fourth-order valence-electron chi connectivity index (χ4n) is 1.67. The molecule has 0 aliphatic carbocycles. The zero-order valence-electron chi connectivity index (χ0n) is 10.3. The van der Waals surface area contributed by atoms with Gasteiger partial charge in [-0.1, -0.05) is 18.2 Å². The largest absolute Gasteiger partial charge is 0.488 e. The third-order valence-corrected chi connectivity index (χ3v) is 2.67. The second kappa shape index (κ2) is 5.85. The Labute approximate surface area is 114 Å². The van der Waals surface area contributed by atoms with Crippen LogP contribution in [-0.2, 0) is 6.61 Å². The molecule has 0 heterocycles. The highest BCUT2D eigenvalue weighted by Crippen LogP contribution is 2.19. The topological polar surface area (TPSA) is 70.3 Å². The predicted molar refractivity (Wildman–Crippen MR) is 68.8 cm³/mol. The van der Waals surface area contributed by atoms with Crippen LogP contribution in [0.1, 0.15) is 21.5 Å². The second-order valence-corrected chi connectivity index (χ2v) is 4.02. The van der Waals surface area contributed by atoms with Gasteiger partial charge in [-0.15, -0.1) is 0 Å². The molecule has 0 spiro atoms. The number of ether oxygens (including phenoxy) is 1. The Morgan fingerprint density at radius 2 is 2.05 bits per heavy atom. The van der Waals surface area contributed by atoms with E-state index in [9.17, 15) is 9.18 Å². The van der Waals surface area contributed by atoms with E-state index in [2.05, 4.69) is 0 Å². The van der Waals surface area contributed by atoms with E-state index in [0.717, 1.165) is 6.07 Å². The lowest BCUT2D eigenvalue weighted by atomic mass is 10.1. The van der Waals surface area contributed by atoms with E-state index in [-0.39, 0.29) is 12.2 Å². The van der Waals surface area contributed by atoms with Gasteiger partial charge < -0.3 is 9.84 Å². The lowest BCUT2D eigenvalue weighted by Crippen LogP contribution is -2.03. The highest BCUT2D eigenvalue weighted by molar-refractivity contribution is 5.87. The Hall–Kier alpha value is -2.87. The summed E-state index contributed by atoms with van der Waals surface area (Å²) >= 11 is 0.